The fourth-order valence-electron chi connectivity index (χ4n) is 7.23. The molecule has 252 valence electrons. The van der Waals surface area contributed by atoms with E-state index < -0.39 is 35.7 Å². The molecule has 1 saturated heterocycles. The molecular formula is C40H47N3O5. The Kier molecular flexibility index (Phi) is 10.2. The number of amides is 2. The number of hydrogen-bond acceptors (Lipinski definition) is 6. The lowest BCUT2D eigenvalue weighted by molar-refractivity contribution is -0.129. The van der Waals surface area contributed by atoms with Crippen LogP contribution in [0.5, 0.6) is 5.75 Å². The van der Waals surface area contributed by atoms with Gasteiger partial charge in [0.15, 0.2) is 0 Å². The average molecular weight is 650 g/mol. The topological polar surface area (TPSA) is 111 Å². The van der Waals surface area contributed by atoms with Crippen LogP contribution >= 0.6 is 0 Å². The van der Waals surface area contributed by atoms with E-state index >= 15 is 0 Å². The second kappa shape index (κ2) is 14.5. The Hall–Kier alpha value is -4.24. The minimum Gasteiger partial charge on any atom is -0.488 e. The first-order valence-corrected chi connectivity index (χ1v) is 17.0. The number of fused-ring (bicyclic) bond motifs is 2. The first kappa shape index (κ1) is 33.7. The fraction of sp³-hybridized carbons (Fsp3) is 0.400. The largest absolute Gasteiger partial charge is 0.488 e. The van der Waals surface area contributed by atoms with E-state index in [9.17, 15) is 19.8 Å². The van der Waals surface area contributed by atoms with Gasteiger partial charge in [-0.15, -0.1) is 0 Å². The lowest BCUT2D eigenvalue weighted by atomic mass is 9.91. The van der Waals surface area contributed by atoms with Crippen LogP contribution in [-0.2, 0) is 22.4 Å². The smallest absolute Gasteiger partial charge is 0.237 e. The van der Waals surface area contributed by atoms with Crippen LogP contribution in [0.2, 0.25) is 0 Å². The standard InChI is InChI=1S/C40H47N3O5/c1-40(2,3)42-39(47)34-23-31(48-36-19-11-16-27-14-7-9-17-32(27)36)25-43(34)24-30(44)21-29(20-26-12-5-4-6-13-26)38(46)41-37-33-18-10-8-15-28(33)22-35(37)45/h4-19,29-31,34-35,37,44-45H,20-25H2,1-3H3,(H,41,46)(H,42,47)/t29-,30+,31+,34?,35-,37+/m1/s1. The van der Waals surface area contributed by atoms with E-state index in [1.54, 1.807) is 0 Å². The maximum atomic E-state index is 13.9. The molecule has 8 nitrogen and oxygen atoms in total. The molecule has 0 aromatic heterocycles. The van der Waals surface area contributed by atoms with Crippen LogP contribution in [-0.4, -0.2) is 69.9 Å². The van der Waals surface area contributed by atoms with Crippen molar-refractivity contribution in [2.45, 2.75) is 82.4 Å². The summed E-state index contributed by atoms with van der Waals surface area (Å²) in [5, 5.41) is 30.7. The van der Waals surface area contributed by atoms with Crippen molar-refractivity contribution in [3.05, 3.63) is 114 Å². The van der Waals surface area contributed by atoms with Gasteiger partial charge in [0.2, 0.25) is 11.8 Å². The molecule has 6 atom stereocenters. The van der Waals surface area contributed by atoms with Crippen LogP contribution in [0.15, 0.2) is 97.1 Å². The van der Waals surface area contributed by atoms with Crippen LogP contribution < -0.4 is 15.4 Å². The molecule has 2 aliphatic rings. The van der Waals surface area contributed by atoms with Gasteiger partial charge in [-0.25, -0.2) is 0 Å². The number of likely N-dealkylation sites (tertiary alicyclic amines) is 1. The highest BCUT2D eigenvalue weighted by molar-refractivity contribution is 5.88. The van der Waals surface area contributed by atoms with Gasteiger partial charge in [0.05, 0.1) is 24.3 Å². The minimum atomic E-state index is -0.883. The number of aliphatic hydroxyl groups is 2. The number of carbonyl (C=O) groups is 2. The Labute approximate surface area is 283 Å². The first-order chi connectivity index (χ1) is 23.0. The van der Waals surface area contributed by atoms with Crippen molar-refractivity contribution in [1.29, 1.82) is 0 Å². The van der Waals surface area contributed by atoms with E-state index in [1.807, 2.05) is 123 Å². The van der Waals surface area contributed by atoms with Crippen molar-refractivity contribution < 1.29 is 24.5 Å². The third-order valence-electron chi connectivity index (χ3n) is 9.41. The third kappa shape index (κ3) is 8.06. The number of nitrogens with zero attached hydrogens (tertiary/aromatic N) is 1. The number of rotatable bonds is 11. The maximum absolute atomic E-state index is 13.9. The number of hydrogen-bond donors (Lipinski definition) is 4. The fourth-order valence-corrected chi connectivity index (χ4v) is 7.23. The number of benzene rings is 4. The molecule has 0 radical (unpaired) electrons. The second-order valence-electron chi connectivity index (χ2n) is 14.4. The normalized spacial score (nSPS) is 22.2. The lowest BCUT2D eigenvalue weighted by Gasteiger charge is -2.30. The zero-order chi connectivity index (χ0) is 33.8. The predicted molar refractivity (Wildman–Crippen MR) is 188 cm³/mol. The van der Waals surface area contributed by atoms with Gasteiger partial charge in [-0.2, -0.15) is 0 Å². The Balaban J connectivity index is 1.18. The molecule has 1 aliphatic heterocycles. The van der Waals surface area contributed by atoms with Gasteiger partial charge in [0, 0.05) is 42.8 Å². The van der Waals surface area contributed by atoms with E-state index in [0.29, 0.717) is 25.8 Å². The van der Waals surface area contributed by atoms with Gasteiger partial charge < -0.3 is 25.6 Å². The molecule has 1 fully saturated rings. The van der Waals surface area contributed by atoms with Crippen molar-refractivity contribution in [1.82, 2.24) is 15.5 Å². The molecule has 48 heavy (non-hydrogen) atoms. The summed E-state index contributed by atoms with van der Waals surface area (Å²) in [5.41, 5.74) is 2.53. The molecule has 4 N–H and O–H groups in total. The highest BCUT2D eigenvalue weighted by Crippen LogP contribution is 2.33. The molecule has 4 aromatic carbocycles. The molecule has 1 heterocycles. The van der Waals surface area contributed by atoms with Crippen LogP contribution in [0.25, 0.3) is 10.8 Å². The summed E-state index contributed by atoms with van der Waals surface area (Å²) in [6.45, 7) is 6.54. The maximum Gasteiger partial charge on any atom is 0.237 e. The number of aliphatic hydroxyl groups excluding tert-OH is 2. The molecule has 4 aromatic rings. The summed E-state index contributed by atoms with van der Waals surface area (Å²) in [6, 6.07) is 30.6. The molecule has 1 unspecified atom stereocenters. The summed E-state index contributed by atoms with van der Waals surface area (Å²) < 4.78 is 6.53. The minimum absolute atomic E-state index is 0.105. The lowest BCUT2D eigenvalue weighted by Crippen LogP contribution is -2.51. The van der Waals surface area contributed by atoms with Crippen molar-refractivity contribution in [3.63, 3.8) is 0 Å². The van der Waals surface area contributed by atoms with Gasteiger partial charge in [-0.1, -0.05) is 91.0 Å². The van der Waals surface area contributed by atoms with E-state index in [2.05, 4.69) is 10.6 Å². The van der Waals surface area contributed by atoms with Crippen LogP contribution in [0.3, 0.4) is 0 Å². The van der Waals surface area contributed by atoms with Gasteiger partial charge in [-0.05, 0) is 61.8 Å². The van der Waals surface area contributed by atoms with E-state index in [0.717, 1.165) is 33.2 Å². The Morgan fingerprint density at radius 2 is 1.65 bits per heavy atom. The molecule has 6 rings (SSSR count). The summed E-state index contributed by atoms with van der Waals surface area (Å²) in [4.78, 5) is 29.5. The van der Waals surface area contributed by atoms with Gasteiger partial charge >= 0.3 is 0 Å². The predicted octanol–water partition coefficient (Wildman–Crippen LogP) is 4.96. The quantitative estimate of drug-likeness (QED) is 0.183. The van der Waals surface area contributed by atoms with Crippen LogP contribution in [0.4, 0.5) is 0 Å². The van der Waals surface area contributed by atoms with Gasteiger partial charge in [0.25, 0.3) is 0 Å². The van der Waals surface area contributed by atoms with Crippen molar-refractivity contribution in [2.24, 2.45) is 5.92 Å². The zero-order valence-electron chi connectivity index (χ0n) is 28.0. The van der Waals surface area contributed by atoms with Crippen molar-refractivity contribution in [3.8, 4) is 5.75 Å². The summed E-state index contributed by atoms with van der Waals surface area (Å²) >= 11 is 0. The zero-order valence-corrected chi connectivity index (χ0v) is 28.0. The molecule has 8 heteroatoms. The molecule has 0 bridgehead atoms. The monoisotopic (exact) mass is 649 g/mol. The number of carbonyl (C=O) groups excluding carboxylic acids is 2. The number of nitrogens with one attached hydrogen (secondary N) is 2. The van der Waals surface area contributed by atoms with E-state index in [4.69, 9.17) is 4.74 Å². The van der Waals surface area contributed by atoms with E-state index in [-0.39, 0.29) is 30.9 Å². The van der Waals surface area contributed by atoms with Crippen LogP contribution in [0.1, 0.15) is 56.3 Å². The van der Waals surface area contributed by atoms with E-state index in [1.165, 1.54) is 0 Å². The number of β-amino-alcohol motifs (C(OH)–C–C–N with tert-alkyl or cyclic N) is 1. The molecule has 0 spiro atoms. The molecule has 0 saturated carbocycles. The Morgan fingerprint density at radius 1 is 0.938 bits per heavy atom. The highest BCUT2D eigenvalue weighted by Gasteiger charge is 2.41. The number of ether oxygens (including phenoxy) is 1. The van der Waals surface area contributed by atoms with Crippen molar-refractivity contribution in [2.75, 3.05) is 13.1 Å². The molecular weight excluding hydrogens is 602 g/mol. The second-order valence-corrected chi connectivity index (χ2v) is 14.4. The summed E-state index contributed by atoms with van der Waals surface area (Å²) in [7, 11) is 0. The SMILES string of the molecule is CC(C)(C)NC(=O)C1C[C@H](Oc2cccc3ccccc23)CN1C[C@@H](O)C[C@@H](Cc1ccccc1)C(=O)N[C@H]1c2ccccc2C[C@H]1O. The van der Waals surface area contributed by atoms with Crippen LogP contribution in [0, 0.1) is 5.92 Å². The Bertz CT molecular complexity index is 1720. The molecule has 1 aliphatic carbocycles. The highest BCUT2D eigenvalue weighted by atomic mass is 16.5. The molecule has 2 amide bonds. The Morgan fingerprint density at radius 3 is 2.44 bits per heavy atom. The third-order valence-corrected chi connectivity index (χ3v) is 9.41. The average Bonchev–Trinajstić information content (AvgIpc) is 3.59. The van der Waals surface area contributed by atoms with Gasteiger partial charge in [-0.3, -0.25) is 14.5 Å². The first-order valence-electron chi connectivity index (χ1n) is 17.0. The van der Waals surface area contributed by atoms with Gasteiger partial charge in [0.1, 0.15) is 11.9 Å². The summed E-state index contributed by atoms with van der Waals surface area (Å²) in [5.74, 6) is -0.0919. The van der Waals surface area contributed by atoms with Crippen molar-refractivity contribution >= 4 is 22.6 Å². The summed E-state index contributed by atoms with van der Waals surface area (Å²) in [6.07, 6.45) is -0.247.